The van der Waals surface area contributed by atoms with Crippen LogP contribution in [0.15, 0.2) is 72.1 Å². The molecular weight excluding hydrogens is 488 g/mol. The number of hydrogen-bond donors (Lipinski definition) is 0. The van der Waals surface area contributed by atoms with Crippen LogP contribution < -0.4 is 4.90 Å². The highest BCUT2D eigenvalue weighted by molar-refractivity contribution is 5.95. The van der Waals surface area contributed by atoms with E-state index in [1.807, 2.05) is 55.9 Å². The molecule has 4 aromatic rings. The Morgan fingerprint density at radius 2 is 1.87 bits per heavy atom. The van der Waals surface area contributed by atoms with Crippen LogP contribution in [0.2, 0.25) is 0 Å². The summed E-state index contributed by atoms with van der Waals surface area (Å²) in [5, 5.41) is 8.85. The van der Waals surface area contributed by atoms with Crippen LogP contribution in [0.5, 0.6) is 0 Å². The zero-order chi connectivity index (χ0) is 27.6. The molecule has 1 fully saturated rings. The molecule has 4 heterocycles. The maximum absolute atomic E-state index is 12.9. The van der Waals surface area contributed by atoms with Crippen LogP contribution >= 0.6 is 0 Å². The number of piperazine rings is 1. The van der Waals surface area contributed by atoms with Gasteiger partial charge in [-0.25, -0.2) is 4.68 Å². The van der Waals surface area contributed by atoms with Crippen molar-refractivity contribution in [2.24, 2.45) is 0 Å². The standard InChI is InChI=1S/C31H36N6O2/c1-6-11-35-12-14-36(15-13-35)25-18-24(19-32-20-25)26-21-37(34-33-26)27-16-23(8-7-22(27)2)17-28(38)29-9-10-30(39-29)31(3,4)5/h6-10,16,18-21H,1,11-15,17H2,2-5H3. The second-order valence-electron chi connectivity index (χ2n) is 11.2. The molecule has 39 heavy (non-hydrogen) atoms. The number of Topliss-reactive ketones (excluding diaryl/α,β-unsaturated/α-hetero) is 1. The molecular formula is C31H36N6O2. The van der Waals surface area contributed by atoms with Gasteiger partial charge in [-0.05, 0) is 42.3 Å². The van der Waals surface area contributed by atoms with Crippen molar-refractivity contribution in [1.82, 2.24) is 24.9 Å². The summed E-state index contributed by atoms with van der Waals surface area (Å²) in [6, 6.07) is 11.8. The second kappa shape index (κ2) is 11.0. The van der Waals surface area contributed by atoms with Gasteiger partial charge in [0.2, 0.25) is 5.78 Å². The molecule has 0 atom stereocenters. The Bertz CT molecular complexity index is 1470. The lowest BCUT2D eigenvalue weighted by Crippen LogP contribution is -2.46. The minimum absolute atomic E-state index is 0.0483. The van der Waals surface area contributed by atoms with Crippen LogP contribution in [0, 0.1) is 6.92 Å². The number of nitrogens with zero attached hydrogens (tertiary/aromatic N) is 6. The van der Waals surface area contributed by atoms with E-state index in [2.05, 4.69) is 58.5 Å². The number of carbonyl (C=O) groups is 1. The number of furan rings is 1. The number of carbonyl (C=O) groups excluding carboxylic acids is 1. The van der Waals surface area contributed by atoms with Crippen LogP contribution in [0.25, 0.3) is 16.9 Å². The fraction of sp³-hybridized carbons (Fsp3) is 0.355. The first-order valence-corrected chi connectivity index (χ1v) is 13.4. The number of aryl methyl sites for hydroxylation is 1. The van der Waals surface area contributed by atoms with Crippen LogP contribution in [-0.2, 0) is 11.8 Å². The Labute approximate surface area is 230 Å². The molecule has 1 saturated heterocycles. The lowest BCUT2D eigenvalue weighted by Gasteiger charge is -2.35. The molecule has 5 rings (SSSR count). The highest BCUT2D eigenvalue weighted by Crippen LogP contribution is 2.26. The largest absolute Gasteiger partial charge is 0.457 e. The van der Waals surface area contributed by atoms with Crippen molar-refractivity contribution in [3.63, 3.8) is 0 Å². The summed E-state index contributed by atoms with van der Waals surface area (Å²) < 4.78 is 7.62. The van der Waals surface area contributed by atoms with Crippen molar-refractivity contribution >= 4 is 11.5 Å². The van der Waals surface area contributed by atoms with Gasteiger partial charge in [0, 0.05) is 56.3 Å². The minimum Gasteiger partial charge on any atom is -0.457 e. The highest BCUT2D eigenvalue weighted by Gasteiger charge is 2.21. The first kappa shape index (κ1) is 26.6. The Balaban J connectivity index is 1.32. The second-order valence-corrected chi connectivity index (χ2v) is 11.2. The summed E-state index contributed by atoms with van der Waals surface area (Å²) in [4.78, 5) is 22.2. The Hall–Kier alpha value is -4.04. The maximum atomic E-state index is 12.9. The van der Waals surface area contributed by atoms with Gasteiger partial charge in [0.05, 0.1) is 23.8 Å². The van der Waals surface area contributed by atoms with E-state index < -0.39 is 0 Å². The number of rotatable bonds is 8. The number of pyridine rings is 1. The molecule has 0 bridgehead atoms. The Kier molecular flexibility index (Phi) is 7.48. The van der Waals surface area contributed by atoms with Gasteiger partial charge >= 0.3 is 0 Å². The number of aromatic nitrogens is 4. The van der Waals surface area contributed by atoms with E-state index in [0.717, 1.165) is 72.2 Å². The van der Waals surface area contributed by atoms with Gasteiger partial charge in [0.25, 0.3) is 0 Å². The van der Waals surface area contributed by atoms with Gasteiger partial charge in [0.1, 0.15) is 11.5 Å². The summed E-state index contributed by atoms with van der Waals surface area (Å²) in [7, 11) is 0. The molecule has 3 aromatic heterocycles. The van der Waals surface area contributed by atoms with Crippen LogP contribution in [0.3, 0.4) is 0 Å². The van der Waals surface area contributed by atoms with Crippen LogP contribution in [-0.4, -0.2) is 63.4 Å². The lowest BCUT2D eigenvalue weighted by atomic mass is 9.94. The first-order chi connectivity index (χ1) is 18.7. The molecule has 8 nitrogen and oxygen atoms in total. The molecule has 8 heteroatoms. The fourth-order valence-electron chi connectivity index (χ4n) is 4.80. The first-order valence-electron chi connectivity index (χ1n) is 13.4. The van der Waals surface area contributed by atoms with Crippen LogP contribution in [0.1, 0.15) is 48.2 Å². The summed E-state index contributed by atoms with van der Waals surface area (Å²) in [6.07, 6.45) is 7.85. The van der Waals surface area contributed by atoms with E-state index in [9.17, 15) is 4.79 Å². The summed E-state index contributed by atoms with van der Waals surface area (Å²) in [6.45, 7) is 16.9. The lowest BCUT2D eigenvalue weighted by molar-refractivity contribution is 0.0963. The molecule has 0 N–H and O–H groups in total. The average molecular weight is 525 g/mol. The molecule has 0 amide bonds. The molecule has 0 aliphatic carbocycles. The van der Waals surface area contributed by atoms with E-state index in [4.69, 9.17) is 4.42 Å². The molecule has 0 unspecified atom stereocenters. The monoisotopic (exact) mass is 524 g/mol. The highest BCUT2D eigenvalue weighted by atomic mass is 16.3. The van der Waals surface area contributed by atoms with Gasteiger partial charge in [-0.1, -0.05) is 44.2 Å². The van der Waals surface area contributed by atoms with E-state index in [-0.39, 0.29) is 17.6 Å². The Morgan fingerprint density at radius 1 is 1.08 bits per heavy atom. The number of ketones is 1. The average Bonchev–Trinajstić information content (AvgIpc) is 3.61. The topological polar surface area (TPSA) is 80.3 Å². The zero-order valence-corrected chi connectivity index (χ0v) is 23.2. The van der Waals surface area contributed by atoms with Crippen molar-refractivity contribution in [3.05, 3.63) is 90.3 Å². The summed E-state index contributed by atoms with van der Waals surface area (Å²) >= 11 is 0. The van der Waals surface area contributed by atoms with Crippen molar-refractivity contribution < 1.29 is 9.21 Å². The van der Waals surface area contributed by atoms with Crippen molar-refractivity contribution in [2.75, 3.05) is 37.6 Å². The molecule has 1 aromatic carbocycles. The number of benzene rings is 1. The molecule has 202 valence electrons. The number of hydrogen-bond acceptors (Lipinski definition) is 7. The third kappa shape index (κ3) is 6.01. The predicted molar refractivity (Wildman–Crippen MR) is 154 cm³/mol. The maximum Gasteiger partial charge on any atom is 0.202 e. The van der Waals surface area contributed by atoms with Gasteiger partial charge in [-0.15, -0.1) is 11.7 Å². The Morgan fingerprint density at radius 3 is 2.59 bits per heavy atom. The van der Waals surface area contributed by atoms with Gasteiger partial charge in [-0.2, -0.15) is 0 Å². The van der Waals surface area contributed by atoms with Gasteiger partial charge in [-0.3, -0.25) is 14.7 Å². The SMILES string of the molecule is C=CCN1CCN(c2cncc(-c3cn(-c4cc(CC(=O)c5ccc(C(C)(C)C)o5)ccc4C)nn3)c2)CC1. The molecule has 1 aliphatic rings. The van der Waals surface area contributed by atoms with Gasteiger partial charge in [0.15, 0.2) is 5.76 Å². The van der Waals surface area contributed by atoms with E-state index in [1.165, 1.54) is 0 Å². The predicted octanol–water partition coefficient (Wildman–Crippen LogP) is 5.26. The third-order valence-corrected chi connectivity index (χ3v) is 7.14. The third-order valence-electron chi connectivity index (χ3n) is 7.14. The quantitative estimate of drug-likeness (QED) is 0.230. The van der Waals surface area contributed by atoms with Crippen molar-refractivity contribution in [3.8, 4) is 16.9 Å². The van der Waals surface area contributed by atoms with E-state index in [1.54, 1.807) is 10.7 Å². The number of anilines is 1. The van der Waals surface area contributed by atoms with Gasteiger partial charge < -0.3 is 9.32 Å². The van der Waals surface area contributed by atoms with Crippen LogP contribution in [0.4, 0.5) is 5.69 Å². The molecule has 1 aliphatic heterocycles. The zero-order valence-electron chi connectivity index (χ0n) is 23.2. The molecule has 0 radical (unpaired) electrons. The minimum atomic E-state index is -0.143. The van der Waals surface area contributed by atoms with E-state index >= 15 is 0 Å². The molecule has 0 saturated carbocycles. The summed E-state index contributed by atoms with van der Waals surface area (Å²) in [5.41, 5.74) is 5.44. The van der Waals surface area contributed by atoms with Crippen molar-refractivity contribution in [1.29, 1.82) is 0 Å². The summed E-state index contributed by atoms with van der Waals surface area (Å²) in [5.74, 6) is 1.14. The van der Waals surface area contributed by atoms with Crippen molar-refractivity contribution in [2.45, 2.75) is 39.5 Å². The molecule has 0 spiro atoms. The smallest absolute Gasteiger partial charge is 0.202 e. The fourth-order valence-corrected chi connectivity index (χ4v) is 4.80. The van der Waals surface area contributed by atoms with E-state index in [0.29, 0.717) is 5.76 Å². The normalized spacial score (nSPS) is 14.5.